The van der Waals surface area contributed by atoms with E-state index in [1.165, 1.54) is 122 Å². The Balaban J connectivity index is 0.696. The van der Waals surface area contributed by atoms with Crippen molar-refractivity contribution in [3.8, 4) is 22.3 Å². The van der Waals surface area contributed by atoms with Gasteiger partial charge in [-0.25, -0.2) is 0 Å². The molecule has 0 N–H and O–H groups in total. The van der Waals surface area contributed by atoms with Crippen LogP contribution in [0.5, 0.6) is 0 Å². The summed E-state index contributed by atoms with van der Waals surface area (Å²) in [5.74, 6) is 0. The Bertz CT molecular complexity index is 4390. The third-order valence-corrected chi connectivity index (χ3v) is 18.7. The number of fused-ring (bicyclic) bond motifs is 9. The number of anilines is 6. The molecule has 420 valence electrons. The predicted octanol–water partition coefficient (Wildman–Crippen LogP) is 23.6. The van der Waals surface area contributed by atoms with Crippen LogP contribution < -0.4 is 9.80 Å². The predicted molar refractivity (Wildman–Crippen MR) is 372 cm³/mol. The first-order valence-corrected chi connectivity index (χ1v) is 30.6. The Morgan fingerprint density at radius 1 is 0.279 bits per heavy atom. The van der Waals surface area contributed by atoms with Crippen LogP contribution >= 0.6 is 0 Å². The van der Waals surface area contributed by atoms with E-state index in [2.05, 4.69) is 346 Å². The molecule has 2 heteroatoms. The zero-order valence-electron chi connectivity index (χ0n) is 51.3. The van der Waals surface area contributed by atoms with Crippen molar-refractivity contribution < 1.29 is 0 Å². The second-order valence-electron chi connectivity index (χ2n) is 27.1. The van der Waals surface area contributed by atoms with Gasteiger partial charge in [-0.2, -0.15) is 0 Å². The maximum atomic E-state index is 2.45. The van der Waals surface area contributed by atoms with E-state index in [0.717, 1.165) is 22.7 Å². The van der Waals surface area contributed by atoms with Crippen LogP contribution in [-0.2, 0) is 21.7 Å². The number of rotatable bonds is 10. The fourth-order valence-electron chi connectivity index (χ4n) is 13.7. The van der Waals surface area contributed by atoms with Crippen molar-refractivity contribution in [3.63, 3.8) is 0 Å². The Morgan fingerprint density at radius 3 is 0.977 bits per heavy atom. The summed E-state index contributed by atoms with van der Waals surface area (Å²) >= 11 is 0. The van der Waals surface area contributed by atoms with Crippen LogP contribution in [0.15, 0.2) is 243 Å². The molecule has 0 atom stereocenters. The standard InChI is InChI=1S/C84H74N2/c1-81(2,3)63-35-39-65(40-36-63)85(79-23-15-19-59-17-11-13-21-69(59)79)67-43-47-73-71-45-31-57(51-75(71)83(7,8)77(73)53-67)27-25-55-29-33-62-50-56(30-34-61(62)49-55)26-28-58-32-46-72-74-48-44-68(54-78(74)84(9,10)76(72)52-58)86(66-41-37-64(38-42-66)82(4,5)6)80-24-16-20-60-18-12-14-22-70(60)80/h11-54H,1-10H3/b27-25+,28-26+. The van der Waals surface area contributed by atoms with Gasteiger partial charge < -0.3 is 9.80 Å². The van der Waals surface area contributed by atoms with E-state index in [9.17, 15) is 0 Å². The normalized spacial score (nSPS) is 14.0. The van der Waals surface area contributed by atoms with Gasteiger partial charge in [0.2, 0.25) is 0 Å². The summed E-state index contributed by atoms with van der Waals surface area (Å²) in [7, 11) is 0. The Labute approximate surface area is 509 Å². The fraction of sp³-hybridized carbons (Fsp3) is 0.167. The molecule has 12 aromatic rings. The SMILES string of the molecule is CC(C)(C)c1ccc(N(c2ccc3c(c2)C(C)(C)c2cc(/C=C/c4ccc5cc(/C=C/c6ccc7c(c6)C(C)(C)c6cc(N(c8ccc(C(C)(C)C)cc8)c8cccc9ccccc89)ccc6-7)ccc5c4)ccc2-3)c2cccc3ccccc23)cc1. The van der Waals surface area contributed by atoms with Gasteiger partial charge in [0.15, 0.2) is 0 Å². The third-order valence-electron chi connectivity index (χ3n) is 18.7. The molecule has 86 heavy (non-hydrogen) atoms. The molecule has 0 saturated carbocycles. The van der Waals surface area contributed by atoms with Crippen LogP contribution in [0.3, 0.4) is 0 Å². The van der Waals surface area contributed by atoms with Gasteiger partial charge in [0.05, 0.1) is 11.4 Å². The van der Waals surface area contributed by atoms with Gasteiger partial charge >= 0.3 is 0 Å². The van der Waals surface area contributed by atoms with Crippen molar-refractivity contribution in [2.45, 2.75) is 90.9 Å². The number of hydrogen-bond acceptors (Lipinski definition) is 2. The van der Waals surface area contributed by atoms with Crippen LogP contribution in [-0.4, -0.2) is 0 Å². The van der Waals surface area contributed by atoms with Gasteiger partial charge in [-0.15, -0.1) is 0 Å². The molecule has 0 unspecified atom stereocenters. The molecular weight excluding hydrogens is 1040 g/mol. The highest BCUT2D eigenvalue weighted by atomic mass is 15.1. The van der Waals surface area contributed by atoms with Gasteiger partial charge in [0.25, 0.3) is 0 Å². The second-order valence-corrected chi connectivity index (χ2v) is 27.1. The molecule has 0 radical (unpaired) electrons. The number of benzene rings is 12. The van der Waals surface area contributed by atoms with E-state index in [4.69, 9.17) is 0 Å². The monoisotopic (exact) mass is 1110 g/mol. The van der Waals surface area contributed by atoms with Crippen LogP contribution in [0.2, 0.25) is 0 Å². The molecular formula is C84H74N2. The Kier molecular flexibility index (Phi) is 13.1. The molecule has 0 saturated heterocycles. The van der Waals surface area contributed by atoms with Crippen LogP contribution in [0, 0.1) is 0 Å². The van der Waals surface area contributed by atoms with Crippen molar-refractivity contribution in [2.75, 3.05) is 9.80 Å². The van der Waals surface area contributed by atoms with Gasteiger partial charge in [-0.3, -0.25) is 0 Å². The molecule has 0 aliphatic heterocycles. The Morgan fingerprint density at radius 2 is 0.593 bits per heavy atom. The van der Waals surface area contributed by atoms with E-state index in [1.807, 2.05) is 0 Å². The molecule has 0 aromatic heterocycles. The molecule has 0 bridgehead atoms. The van der Waals surface area contributed by atoms with Gasteiger partial charge in [0.1, 0.15) is 0 Å². The van der Waals surface area contributed by atoms with Crippen LogP contribution in [0.4, 0.5) is 34.1 Å². The van der Waals surface area contributed by atoms with E-state index in [-0.39, 0.29) is 21.7 Å². The summed E-state index contributed by atoms with van der Waals surface area (Å²) in [6.07, 6.45) is 9.07. The van der Waals surface area contributed by atoms with Crippen molar-refractivity contribution in [3.05, 3.63) is 298 Å². The van der Waals surface area contributed by atoms with Crippen LogP contribution in [0.25, 0.3) is 78.9 Å². The van der Waals surface area contributed by atoms with Gasteiger partial charge in [-0.1, -0.05) is 263 Å². The molecule has 12 aromatic carbocycles. The van der Waals surface area contributed by atoms with E-state index >= 15 is 0 Å². The molecule has 2 nitrogen and oxygen atoms in total. The highest BCUT2D eigenvalue weighted by molar-refractivity contribution is 6.01. The maximum Gasteiger partial charge on any atom is 0.0540 e. The second kappa shape index (κ2) is 20.6. The smallest absolute Gasteiger partial charge is 0.0540 e. The van der Waals surface area contributed by atoms with E-state index in [1.54, 1.807) is 0 Å². The van der Waals surface area contributed by atoms with Crippen molar-refractivity contribution in [1.82, 2.24) is 0 Å². The lowest BCUT2D eigenvalue weighted by Gasteiger charge is -2.30. The molecule has 0 heterocycles. The quantitative estimate of drug-likeness (QED) is 0.126. The maximum absolute atomic E-state index is 2.45. The number of hydrogen-bond donors (Lipinski definition) is 0. The van der Waals surface area contributed by atoms with Gasteiger partial charge in [-0.05, 0) is 183 Å². The first-order valence-electron chi connectivity index (χ1n) is 30.6. The van der Waals surface area contributed by atoms with E-state index < -0.39 is 0 Å². The lowest BCUT2D eigenvalue weighted by molar-refractivity contribution is 0.590. The first kappa shape index (κ1) is 54.4. The topological polar surface area (TPSA) is 6.48 Å². The highest BCUT2D eigenvalue weighted by Gasteiger charge is 2.38. The van der Waals surface area contributed by atoms with Gasteiger partial charge in [0, 0.05) is 44.4 Å². The highest BCUT2D eigenvalue weighted by Crippen LogP contribution is 2.54. The lowest BCUT2D eigenvalue weighted by Crippen LogP contribution is -2.17. The summed E-state index contributed by atoms with van der Waals surface area (Å²) in [5.41, 5.74) is 24.8. The van der Waals surface area contributed by atoms with Crippen molar-refractivity contribution >= 4 is 90.7 Å². The number of nitrogens with zero attached hydrogens (tertiary/aromatic N) is 2. The first-order chi connectivity index (χ1) is 41.4. The largest absolute Gasteiger partial charge is 0.310 e. The molecule has 0 amide bonds. The van der Waals surface area contributed by atoms with Crippen molar-refractivity contribution in [1.29, 1.82) is 0 Å². The average Bonchev–Trinajstić information content (AvgIpc) is 1.62. The minimum Gasteiger partial charge on any atom is -0.310 e. The zero-order valence-corrected chi connectivity index (χ0v) is 51.3. The summed E-state index contributed by atoms with van der Waals surface area (Å²) in [4.78, 5) is 4.89. The molecule has 14 rings (SSSR count). The molecule has 0 fully saturated rings. The third kappa shape index (κ3) is 9.62. The summed E-state index contributed by atoms with van der Waals surface area (Å²) in [6, 6.07) is 91.0. The minimum absolute atomic E-state index is 0.0679. The summed E-state index contributed by atoms with van der Waals surface area (Å²) in [6.45, 7) is 23.2. The van der Waals surface area contributed by atoms with Crippen LogP contribution in [0.1, 0.15) is 125 Å². The molecule has 0 spiro atoms. The van der Waals surface area contributed by atoms with E-state index in [0.29, 0.717) is 0 Å². The molecule has 2 aliphatic rings. The molecule has 2 aliphatic carbocycles. The Hall–Kier alpha value is -9.50. The lowest BCUT2D eigenvalue weighted by atomic mass is 9.81. The van der Waals surface area contributed by atoms with Crippen molar-refractivity contribution in [2.24, 2.45) is 0 Å². The summed E-state index contributed by atoms with van der Waals surface area (Å²) in [5, 5.41) is 7.38. The fourth-order valence-corrected chi connectivity index (χ4v) is 13.7. The summed E-state index contributed by atoms with van der Waals surface area (Å²) < 4.78 is 0. The zero-order chi connectivity index (χ0) is 59.3. The average molecular weight is 1110 g/mol. The minimum atomic E-state index is -0.198.